The van der Waals surface area contributed by atoms with E-state index in [1.807, 2.05) is 68.4 Å². The Morgan fingerprint density at radius 2 is 1.75 bits per heavy atom. The number of carbonyl (C=O) groups excluding carboxylic acids is 2. The minimum absolute atomic E-state index is 0.0290. The first-order valence-electron chi connectivity index (χ1n) is 8.99. The summed E-state index contributed by atoms with van der Waals surface area (Å²) in [5.74, 6) is -0.335. The average Bonchev–Trinajstić information content (AvgIpc) is 3.09. The monoisotopic (exact) mass is 394 g/mol. The number of nitrogens with one attached hydrogen (secondary N) is 3. The normalized spacial score (nSPS) is 10.7. The molecule has 3 N–H and O–H groups in total. The Kier molecular flexibility index (Phi) is 6.06. The molecular weight excluding hydrogens is 372 g/mol. The summed E-state index contributed by atoms with van der Waals surface area (Å²) in [7, 11) is 0. The molecule has 0 aliphatic heterocycles. The molecule has 28 heavy (non-hydrogen) atoms. The van der Waals surface area contributed by atoms with Gasteiger partial charge in [0.2, 0.25) is 5.91 Å². The molecule has 1 heterocycles. The second kappa shape index (κ2) is 8.67. The van der Waals surface area contributed by atoms with Crippen molar-refractivity contribution in [2.45, 2.75) is 20.4 Å². The Balaban J connectivity index is 1.67. The number of carbonyl (C=O) groups is 2. The van der Waals surface area contributed by atoms with Gasteiger partial charge in [0.15, 0.2) is 4.77 Å². The number of aromatic amines is 1. The molecule has 0 radical (unpaired) electrons. The highest BCUT2D eigenvalue weighted by Crippen LogP contribution is 2.14. The molecule has 6 nitrogen and oxygen atoms in total. The molecule has 0 fully saturated rings. The molecule has 1 aromatic heterocycles. The van der Waals surface area contributed by atoms with Gasteiger partial charge in [-0.15, -0.1) is 0 Å². The van der Waals surface area contributed by atoms with E-state index in [9.17, 15) is 9.59 Å². The van der Waals surface area contributed by atoms with Gasteiger partial charge < -0.3 is 15.6 Å². The predicted octanol–water partition coefficient (Wildman–Crippen LogP) is 4.06. The summed E-state index contributed by atoms with van der Waals surface area (Å²) in [5, 5.41) is 5.75. The standard InChI is InChI=1S/C21H22N4O2S/c1-14(2)19(26)24-16-10-8-15(9-11-16)12-22-20(27)18-13-23-21(28)25(18)17-6-4-3-5-7-17/h3-11,13-14H,12H2,1-2H3,(H,22,27)(H,23,28)(H,24,26). The van der Waals surface area contributed by atoms with Crippen molar-refractivity contribution in [2.24, 2.45) is 5.92 Å². The zero-order valence-corrected chi connectivity index (χ0v) is 16.5. The van der Waals surface area contributed by atoms with E-state index in [-0.39, 0.29) is 17.7 Å². The molecule has 2 amide bonds. The van der Waals surface area contributed by atoms with Gasteiger partial charge in [0.05, 0.1) is 0 Å². The highest BCUT2D eigenvalue weighted by atomic mass is 32.1. The molecule has 0 bridgehead atoms. The number of nitrogens with zero attached hydrogens (tertiary/aromatic N) is 1. The molecular formula is C21H22N4O2S. The topological polar surface area (TPSA) is 78.9 Å². The van der Waals surface area contributed by atoms with Gasteiger partial charge in [-0.1, -0.05) is 44.2 Å². The van der Waals surface area contributed by atoms with Crippen LogP contribution in [0.3, 0.4) is 0 Å². The van der Waals surface area contributed by atoms with E-state index in [0.29, 0.717) is 17.0 Å². The highest BCUT2D eigenvalue weighted by molar-refractivity contribution is 7.71. The molecule has 3 rings (SSSR count). The third-order valence-corrected chi connectivity index (χ3v) is 4.52. The summed E-state index contributed by atoms with van der Waals surface area (Å²) in [6, 6.07) is 16.9. The third kappa shape index (κ3) is 4.55. The zero-order valence-electron chi connectivity index (χ0n) is 15.7. The molecule has 0 aliphatic rings. The molecule has 3 aromatic rings. The van der Waals surface area contributed by atoms with Crippen LogP contribution in [0.1, 0.15) is 29.9 Å². The minimum atomic E-state index is -0.228. The van der Waals surface area contributed by atoms with E-state index < -0.39 is 0 Å². The summed E-state index contributed by atoms with van der Waals surface area (Å²) in [6.07, 6.45) is 1.61. The van der Waals surface area contributed by atoms with Gasteiger partial charge in [0.25, 0.3) is 5.91 Å². The fourth-order valence-electron chi connectivity index (χ4n) is 2.63. The number of benzene rings is 2. The summed E-state index contributed by atoms with van der Waals surface area (Å²) >= 11 is 5.31. The van der Waals surface area contributed by atoms with Crippen LogP contribution >= 0.6 is 12.2 Å². The highest BCUT2D eigenvalue weighted by Gasteiger charge is 2.14. The van der Waals surface area contributed by atoms with Crippen LogP contribution in [0.2, 0.25) is 0 Å². The van der Waals surface area contributed by atoms with E-state index in [0.717, 1.165) is 16.9 Å². The van der Waals surface area contributed by atoms with E-state index in [1.165, 1.54) is 0 Å². The van der Waals surface area contributed by atoms with Crippen molar-refractivity contribution in [3.05, 3.63) is 76.8 Å². The lowest BCUT2D eigenvalue weighted by Crippen LogP contribution is -2.25. The maximum Gasteiger partial charge on any atom is 0.270 e. The predicted molar refractivity (Wildman–Crippen MR) is 112 cm³/mol. The van der Waals surface area contributed by atoms with E-state index in [1.54, 1.807) is 10.8 Å². The Labute approximate surface area is 168 Å². The maximum absolute atomic E-state index is 12.7. The van der Waals surface area contributed by atoms with E-state index >= 15 is 0 Å². The second-order valence-corrected chi connectivity index (χ2v) is 7.06. The van der Waals surface area contributed by atoms with Gasteiger partial charge in [-0.05, 0) is 42.0 Å². The molecule has 0 atom stereocenters. The van der Waals surface area contributed by atoms with Gasteiger partial charge in [0.1, 0.15) is 5.69 Å². The fraction of sp³-hybridized carbons (Fsp3) is 0.190. The molecule has 0 saturated heterocycles. The molecule has 0 aliphatic carbocycles. The number of hydrogen-bond acceptors (Lipinski definition) is 3. The maximum atomic E-state index is 12.7. The summed E-state index contributed by atoms with van der Waals surface area (Å²) in [4.78, 5) is 27.3. The van der Waals surface area contributed by atoms with Crippen LogP contribution in [0.4, 0.5) is 5.69 Å². The minimum Gasteiger partial charge on any atom is -0.347 e. The first-order chi connectivity index (χ1) is 13.5. The van der Waals surface area contributed by atoms with Gasteiger partial charge in [0, 0.05) is 30.0 Å². The Hall–Kier alpha value is -3.19. The fourth-order valence-corrected chi connectivity index (χ4v) is 2.90. The lowest BCUT2D eigenvalue weighted by atomic mass is 10.1. The van der Waals surface area contributed by atoms with Gasteiger partial charge in [-0.3, -0.25) is 14.2 Å². The van der Waals surface area contributed by atoms with Gasteiger partial charge in [-0.25, -0.2) is 0 Å². The number of anilines is 1. The number of rotatable bonds is 6. The van der Waals surface area contributed by atoms with Crippen LogP contribution in [0.25, 0.3) is 5.69 Å². The second-order valence-electron chi connectivity index (χ2n) is 6.67. The first-order valence-corrected chi connectivity index (χ1v) is 9.40. The Morgan fingerprint density at radius 1 is 1.07 bits per heavy atom. The summed E-state index contributed by atoms with van der Waals surface area (Å²) in [5.41, 5.74) is 2.93. The number of H-pyrrole nitrogens is 1. The van der Waals surface area contributed by atoms with Crippen molar-refractivity contribution in [1.82, 2.24) is 14.9 Å². The van der Waals surface area contributed by atoms with Crippen molar-refractivity contribution >= 4 is 29.7 Å². The quantitative estimate of drug-likeness (QED) is 0.552. The van der Waals surface area contributed by atoms with Crippen molar-refractivity contribution in [2.75, 3.05) is 5.32 Å². The van der Waals surface area contributed by atoms with Crippen molar-refractivity contribution in [1.29, 1.82) is 0 Å². The summed E-state index contributed by atoms with van der Waals surface area (Å²) in [6.45, 7) is 4.05. The van der Waals surface area contributed by atoms with Crippen molar-refractivity contribution < 1.29 is 9.59 Å². The van der Waals surface area contributed by atoms with E-state index in [4.69, 9.17) is 12.2 Å². The van der Waals surface area contributed by atoms with Crippen LogP contribution < -0.4 is 10.6 Å². The van der Waals surface area contributed by atoms with Crippen LogP contribution in [-0.4, -0.2) is 21.4 Å². The van der Waals surface area contributed by atoms with Crippen LogP contribution in [0.5, 0.6) is 0 Å². The largest absolute Gasteiger partial charge is 0.347 e. The zero-order chi connectivity index (χ0) is 20.1. The van der Waals surface area contributed by atoms with Crippen LogP contribution in [0.15, 0.2) is 60.8 Å². The third-order valence-electron chi connectivity index (χ3n) is 4.22. The van der Waals surface area contributed by atoms with E-state index in [2.05, 4.69) is 15.6 Å². The smallest absolute Gasteiger partial charge is 0.270 e. The number of aromatic nitrogens is 2. The van der Waals surface area contributed by atoms with Gasteiger partial charge >= 0.3 is 0 Å². The molecule has 0 saturated carbocycles. The number of amides is 2. The Bertz CT molecular complexity index is 1020. The van der Waals surface area contributed by atoms with Crippen molar-refractivity contribution in [3.63, 3.8) is 0 Å². The lowest BCUT2D eigenvalue weighted by molar-refractivity contribution is -0.118. The molecule has 0 spiro atoms. The number of imidazole rings is 1. The number of hydrogen-bond donors (Lipinski definition) is 3. The molecule has 144 valence electrons. The Morgan fingerprint density at radius 3 is 2.39 bits per heavy atom. The first kappa shape index (κ1) is 19.6. The average molecular weight is 395 g/mol. The van der Waals surface area contributed by atoms with Crippen LogP contribution in [-0.2, 0) is 11.3 Å². The van der Waals surface area contributed by atoms with Crippen molar-refractivity contribution in [3.8, 4) is 5.69 Å². The lowest BCUT2D eigenvalue weighted by Gasteiger charge is -2.10. The molecule has 2 aromatic carbocycles. The molecule has 0 unspecified atom stereocenters. The van der Waals surface area contributed by atoms with Gasteiger partial charge in [-0.2, -0.15) is 0 Å². The molecule has 7 heteroatoms. The number of para-hydroxylation sites is 1. The summed E-state index contributed by atoms with van der Waals surface area (Å²) < 4.78 is 2.16. The van der Waals surface area contributed by atoms with Crippen LogP contribution in [0, 0.1) is 10.7 Å². The SMILES string of the molecule is CC(C)C(=O)Nc1ccc(CNC(=O)c2c[nH]c(=S)n2-c2ccccc2)cc1.